The highest BCUT2D eigenvalue weighted by Crippen LogP contribution is 2.38. The van der Waals surface area contributed by atoms with Gasteiger partial charge in [-0.05, 0) is 38.2 Å². The van der Waals surface area contributed by atoms with Crippen molar-refractivity contribution in [2.45, 2.75) is 52.1 Å². The fraction of sp³-hybridized carbons (Fsp3) is 0.619. The molecule has 3 amide bonds. The molecule has 2 saturated heterocycles. The van der Waals surface area contributed by atoms with Gasteiger partial charge in [0.2, 0.25) is 0 Å². The number of hydrogen-bond donors (Lipinski definition) is 1. The van der Waals surface area contributed by atoms with E-state index in [9.17, 15) is 14.7 Å². The molecule has 2 aliphatic rings. The lowest BCUT2D eigenvalue weighted by Crippen LogP contribution is -2.56. The average Bonchev–Trinajstić information content (AvgIpc) is 2.86. The van der Waals surface area contributed by atoms with Gasteiger partial charge >= 0.3 is 6.03 Å². The molecular weight excluding hydrogens is 449 g/mol. The topological polar surface area (TPSA) is 64.1 Å². The van der Waals surface area contributed by atoms with E-state index in [0.29, 0.717) is 67.1 Å². The molecule has 0 radical (unpaired) electrons. The summed E-state index contributed by atoms with van der Waals surface area (Å²) in [5.74, 6) is 0.511. The molecule has 1 aromatic rings. The monoisotopic (exact) mass is 477 g/mol. The van der Waals surface area contributed by atoms with Crippen LogP contribution in [0.5, 0.6) is 5.75 Å². The number of amides is 3. The number of hydrogen-bond acceptors (Lipinski definition) is 4. The Labute approximate surface area is 194 Å². The van der Waals surface area contributed by atoms with Crippen LogP contribution in [0.1, 0.15) is 45.6 Å². The maximum absolute atomic E-state index is 13.2. The first-order valence-corrected chi connectivity index (χ1v) is 11.0. The van der Waals surface area contributed by atoms with E-state index in [-0.39, 0.29) is 30.1 Å². The highest BCUT2D eigenvalue weighted by molar-refractivity contribution is 6.42. The molecule has 0 atom stereocenters. The van der Waals surface area contributed by atoms with Gasteiger partial charge in [-0.3, -0.25) is 14.6 Å². The van der Waals surface area contributed by atoms with E-state index in [0.717, 1.165) is 6.42 Å². The van der Waals surface area contributed by atoms with Gasteiger partial charge in [0.05, 0.1) is 10.0 Å². The lowest BCUT2D eigenvalue weighted by Gasteiger charge is -2.42. The Morgan fingerprint density at radius 2 is 1.73 bits per heavy atom. The molecule has 2 fully saturated rings. The Hall–Kier alpha value is -1.21. The van der Waals surface area contributed by atoms with Crippen LogP contribution in [0.2, 0.25) is 10.0 Å². The zero-order valence-corrected chi connectivity index (χ0v) is 20.0. The fourth-order valence-corrected chi connectivity index (χ4v) is 4.61. The van der Waals surface area contributed by atoms with Crippen LogP contribution in [0.15, 0.2) is 12.1 Å². The molecule has 1 spiro atoms. The van der Waals surface area contributed by atoms with Gasteiger partial charge < -0.3 is 10.0 Å². The lowest BCUT2D eigenvalue weighted by molar-refractivity contribution is -0.135. The molecule has 0 bridgehead atoms. The third kappa shape index (κ3) is 4.67. The number of benzene rings is 1. The number of carbonyl (C=O) groups is 2. The van der Waals surface area contributed by atoms with Gasteiger partial charge in [0.15, 0.2) is 0 Å². The summed E-state index contributed by atoms with van der Waals surface area (Å²) in [6.07, 6.45) is 2.06. The fourth-order valence-electron chi connectivity index (χ4n) is 4.27. The predicted molar refractivity (Wildman–Crippen MR) is 122 cm³/mol. The van der Waals surface area contributed by atoms with Gasteiger partial charge in [0.25, 0.3) is 5.91 Å². The van der Waals surface area contributed by atoms with Crippen LogP contribution in [-0.4, -0.2) is 63.5 Å². The molecule has 9 heteroatoms. The molecule has 1 aromatic carbocycles. The van der Waals surface area contributed by atoms with Crippen molar-refractivity contribution in [1.82, 2.24) is 14.7 Å². The second-order valence-electron chi connectivity index (χ2n) is 8.37. The van der Waals surface area contributed by atoms with Crippen molar-refractivity contribution < 1.29 is 14.7 Å². The number of piperidine rings is 1. The number of likely N-dealkylation sites (N-methyl/N-ethyl adjacent to an activating group) is 1. The first-order chi connectivity index (χ1) is 13.7. The number of carbonyl (C=O) groups excluding carboxylic acids is 2. The number of nitrogens with zero attached hydrogens (tertiary/aromatic N) is 3. The summed E-state index contributed by atoms with van der Waals surface area (Å²) in [5, 5.41) is 10.9. The van der Waals surface area contributed by atoms with E-state index in [1.165, 1.54) is 11.0 Å². The van der Waals surface area contributed by atoms with Crippen LogP contribution in [-0.2, 0) is 11.3 Å². The van der Waals surface area contributed by atoms with Gasteiger partial charge in [-0.15, -0.1) is 12.4 Å². The average molecular weight is 479 g/mol. The molecule has 3 rings (SSSR count). The van der Waals surface area contributed by atoms with Crippen LogP contribution < -0.4 is 0 Å². The van der Waals surface area contributed by atoms with E-state index in [4.69, 9.17) is 23.2 Å². The van der Waals surface area contributed by atoms with Crippen LogP contribution >= 0.6 is 35.6 Å². The van der Waals surface area contributed by atoms with Crippen LogP contribution in [0, 0.1) is 5.92 Å². The van der Waals surface area contributed by atoms with Crippen molar-refractivity contribution in [3.8, 4) is 5.75 Å². The highest BCUT2D eigenvalue weighted by Gasteiger charge is 2.57. The van der Waals surface area contributed by atoms with E-state index in [1.807, 2.05) is 11.8 Å². The molecule has 0 aliphatic carbocycles. The number of aromatic hydroxyl groups is 1. The minimum Gasteiger partial charge on any atom is -0.508 e. The largest absolute Gasteiger partial charge is 0.508 e. The first-order valence-electron chi connectivity index (χ1n) is 10.2. The normalized spacial score (nSPS) is 19.1. The molecule has 30 heavy (non-hydrogen) atoms. The molecule has 0 aromatic heterocycles. The third-order valence-electron chi connectivity index (χ3n) is 6.07. The third-order valence-corrected chi connectivity index (χ3v) is 6.79. The van der Waals surface area contributed by atoms with Crippen molar-refractivity contribution in [2.24, 2.45) is 5.92 Å². The molecular formula is C21H30Cl3N3O3. The van der Waals surface area contributed by atoms with Crippen molar-refractivity contribution in [3.63, 3.8) is 0 Å². The summed E-state index contributed by atoms with van der Waals surface area (Å²) in [6.45, 7) is 8.94. The Morgan fingerprint density at radius 3 is 2.30 bits per heavy atom. The van der Waals surface area contributed by atoms with E-state index < -0.39 is 5.54 Å². The van der Waals surface area contributed by atoms with Crippen LogP contribution in [0.3, 0.4) is 0 Å². The molecule has 0 saturated carbocycles. The molecule has 2 aliphatic heterocycles. The zero-order chi connectivity index (χ0) is 21.3. The highest BCUT2D eigenvalue weighted by atomic mass is 35.5. The molecule has 0 unspecified atom stereocenters. The molecule has 1 N–H and O–H groups in total. The maximum Gasteiger partial charge on any atom is 0.327 e. The molecule has 2 heterocycles. The Bertz CT molecular complexity index is 795. The number of phenolic OH excluding ortho intramolecular Hbond substituents is 1. The zero-order valence-electron chi connectivity index (χ0n) is 17.7. The number of imide groups is 1. The second-order valence-corrected chi connectivity index (χ2v) is 9.18. The smallest absolute Gasteiger partial charge is 0.327 e. The van der Waals surface area contributed by atoms with Crippen molar-refractivity contribution in [3.05, 3.63) is 27.7 Å². The maximum atomic E-state index is 13.2. The van der Waals surface area contributed by atoms with Crippen LogP contribution in [0.4, 0.5) is 4.79 Å². The minimum absolute atomic E-state index is 0. The summed E-state index contributed by atoms with van der Waals surface area (Å²) in [4.78, 5) is 31.4. The number of rotatable bonds is 6. The van der Waals surface area contributed by atoms with Gasteiger partial charge in [-0.2, -0.15) is 0 Å². The second kappa shape index (κ2) is 9.94. The number of likely N-dealkylation sites (tertiary alicyclic amines) is 1. The SMILES string of the molecule is CCN1C(=O)N(CCC(C)C)C2(CCN(Cc3cc(Cl)c(Cl)cc3O)CC2)C1=O.Cl. The molecule has 6 nitrogen and oxygen atoms in total. The Morgan fingerprint density at radius 1 is 1.13 bits per heavy atom. The standard InChI is InChI=1S/C21H29Cl2N3O3.ClH/c1-4-25-19(28)21(26(20(25)29)8-5-14(2)3)6-9-24(10-7-21)13-15-11-16(22)17(23)12-18(15)27;/h11-12,14,27H,4-10,13H2,1-3H3;1H. The quantitative estimate of drug-likeness (QED) is 0.597. The van der Waals surface area contributed by atoms with E-state index >= 15 is 0 Å². The minimum atomic E-state index is -0.738. The number of phenols is 1. The first kappa shape index (κ1) is 25.1. The van der Waals surface area contributed by atoms with Gasteiger partial charge in [-0.1, -0.05) is 37.0 Å². The number of urea groups is 1. The van der Waals surface area contributed by atoms with Gasteiger partial charge in [-0.25, -0.2) is 4.79 Å². The van der Waals surface area contributed by atoms with Crippen molar-refractivity contribution in [1.29, 1.82) is 0 Å². The summed E-state index contributed by atoms with van der Waals surface area (Å²) >= 11 is 12.0. The Kier molecular flexibility index (Phi) is 8.30. The summed E-state index contributed by atoms with van der Waals surface area (Å²) < 4.78 is 0. The van der Waals surface area contributed by atoms with Crippen LogP contribution in [0.25, 0.3) is 0 Å². The summed E-state index contributed by atoms with van der Waals surface area (Å²) in [5.41, 5.74) is -0.0333. The Balaban J connectivity index is 0.00000320. The molecule has 168 valence electrons. The number of halogens is 3. The van der Waals surface area contributed by atoms with Crippen molar-refractivity contribution in [2.75, 3.05) is 26.2 Å². The van der Waals surface area contributed by atoms with E-state index in [2.05, 4.69) is 18.7 Å². The summed E-state index contributed by atoms with van der Waals surface area (Å²) in [6, 6.07) is 2.98. The lowest BCUT2D eigenvalue weighted by atomic mass is 9.85. The summed E-state index contributed by atoms with van der Waals surface area (Å²) in [7, 11) is 0. The van der Waals surface area contributed by atoms with Gasteiger partial charge in [0.1, 0.15) is 11.3 Å². The predicted octanol–water partition coefficient (Wildman–Crippen LogP) is 4.79. The van der Waals surface area contributed by atoms with E-state index in [1.54, 1.807) is 6.07 Å². The van der Waals surface area contributed by atoms with Crippen molar-refractivity contribution >= 4 is 47.5 Å². The van der Waals surface area contributed by atoms with Gasteiger partial charge in [0, 0.05) is 44.4 Å².